The quantitative estimate of drug-likeness (QED) is 0.714. The fourth-order valence-electron chi connectivity index (χ4n) is 9.99. The van der Waals surface area contributed by atoms with Crippen molar-refractivity contribution in [1.82, 2.24) is 4.90 Å². The molecule has 2 spiro atoms. The highest BCUT2D eigenvalue weighted by Gasteiger charge is 2.81. The third kappa shape index (κ3) is 1.92. The van der Waals surface area contributed by atoms with Gasteiger partial charge in [0.1, 0.15) is 5.78 Å². The molecule has 0 radical (unpaired) electrons. The first-order valence-electron chi connectivity index (χ1n) is 11.6. The van der Waals surface area contributed by atoms with Crippen LogP contribution in [0.1, 0.15) is 72.1 Å². The van der Waals surface area contributed by atoms with Gasteiger partial charge in [-0.25, -0.2) is 0 Å². The van der Waals surface area contributed by atoms with Crippen LogP contribution in [0.2, 0.25) is 0 Å². The molecule has 0 aliphatic heterocycles. The van der Waals surface area contributed by atoms with Crippen LogP contribution >= 0.6 is 0 Å². The van der Waals surface area contributed by atoms with E-state index < -0.39 is 6.10 Å². The largest absolute Gasteiger partial charge is 0.392 e. The number of rotatable bonds is 2. The molecule has 0 amide bonds. The number of Topliss-reactive ketones (excluding diaryl/α,β-unsaturated/α-hetero) is 1. The molecule has 5 rings (SSSR count). The number of hydrogen-bond donors (Lipinski definition) is 1. The van der Waals surface area contributed by atoms with Crippen LogP contribution in [-0.2, 0) is 4.79 Å². The Morgan fingerprint density at radius 3 is 2.43 bits per heavy atom. The monoisotopic (exact) mass is 385 g/mol. The van der Waals surface area contributed by atoms with Crippen LogP contribution in [0.25, 0.3) is 0 Å². The van der Waals surface area contributed by atoms with E-state index in [0.29, 0.717) is 28.7 Å². The van der Waals surface area contributed by atoms with E-state index >= 15 is 0 Å². The van der Waals surface area contributed by atoms with Gasteiger partial charge in [0.2, 0.25) is 0 Å². The fourth-order valence-corrected chi connectivity index (χ4v) is 9.99. The summed E-state index contributed by atoms with van der Waals surface area (Å²) < 4.78 is 0. The van der Waals surface area contributed by atoms with Crippen molar-refractivity contribution in [1.29, 1.82) is 0 Å². The average molecular weight is 386 g/mol. The van der Waals surface area contributed by atoms with Gasteiger partial charge in [0.25, 0.3) is 0 Å². The Hall–Kier alpha value is -0.670. The maximum absolute atomic E-state index is 12.5. The Labute approximate surface area is 170 Å². The summed E-state index contributed by atoms with van der Waals surface area (Å²) in [5.74, 6) is 1.39. The summed E-state index contributed by atoms with van der Waals surface area (Å²) in [6.07, 6.45) is 9.25. The predicted molar refractivity (Wildman–Crippen MR) is 112 cm³/mol. The molecule has 3 nitrogen and oxygen atoms in total. The number of nitrogens with zero attached hydrogens (tertiary/aromatic N) is 1. The van der Waals surface area contributed by atoms with Crippen LogP contribution in [-0.4, -0.2) is 42.0 Å². The lowest BCUT2D eigenvalue weighted by atomic mass is 9.43. The minimum Gasteiger partial charge on any atom is -0.392 e. The van der Waals surface area contributed by atoms with Crippen LogP contribution in [0.3, 0.4) is 0 Å². The molecular weight excluding hydrogens is 346 g/mol. The zero-order valence-corrected chi connectivity index (χ0v) is 18.6. The van der Waals surface area contributed by atoms with Crippen LogP contribution in [0.4, 0.5) is 0 Å². The zero-order valence-electron chi connectivity index (χ0n) is 18.6. The van der Waals surface area contributed by atoms with Gasteiger partial charge >= 0.3 is 0 Å². The summed E-state index contributed by atoms with van der Waals surface area (Å²) in [5.41, 5.74) is 2.48. The molecule has 156 valence electrons. The Kier molecular flexibility index (Phi) is 3.80. The van der Waals surface area contributed by atoms with Gasteiger partial charge in [-0.05, 0) is 106 Å². The van der Waals surface area contributed by atoms with E-state index in [1.54, 1.807) is 6.92 Å². The van der Waals surface area contributed by atoms with E-state index in [9.17, 15) is 9.90 Å². The first-order chi connectivity index (χ1) is 13.0. The highest BCUT2D eigenvalue weighted by molar-refractivity contribution is 5.80. The summed E-state index contributed by atoms with van der Waals surface area (Å²) in [7, 11) is 4.41. The van der Waals surface area contributed by atoms with E-state index in [4.69, 9.17) is 0 Å². The average Bonchev–Trinajstić information content (AvgIpc) is 3.19. The van der Waals surface area contributed by atoms with Crippen molar-refractivity contribution in [2.24, 2.45) is 39.4 Å². The first kappa shape index (κ1) is 19.3. The number of carbonyl (C=O) groups is 1. The van der Waals surface area contributed by atoms with Gasteiger partial charge in [0.15, 0.2) is 0 Å². The fraction of sp³-hybridized carbons (Fsp3) is 0.880. The van der Waals surface area contributed by atoms with Crippen LogP contribution in [0, 0.1) is 39.4 Å². The third-order valence-corrected chi connectivity index (χ3v) is 11.2. The summed E-state index contributed by atoms with van der Waals surface area (Å²) in [4.78, 5) is 14.9. The molecule has 1 N–H and O–H groups in total. The summed E-state index contributed by atoms with van der Waals surface area (Å²) >= 11 is 0. The van der Waals surface area contributed by atoms with Crippen molar-refractivity contribution in [3.63, 3.8) is 0 Å². The van der Waals surface area contributed by atoms with E-state index in [-0.39, 0.29) is 22.5 Å². The number of aliphatic hydroxyl groups is 1. The smallest absolute Gasteiger partial charge is 0.136 e. The Balaban J connectivity index is 1.52. The summed E-state index contributed by atoms with van der Waals surface area (Å²) in [5, 5.41) is 10.9. The molecule has 5 saturated carbocycles. The number of aliphatic hydroxyl groups excluding tert-OH is 1. The number of fused-ring (bicyclic) bond motifs is 2. The molecule has 0 aromatic rings. The standard InChI is InChI=1S/C25H39NO2/c1-15-17-7-8-20-23(4)13-19(28)21(16(2)27)22(23,3)11-12-25(20)14-24(17,25)10-9-18(15)26(5)6/h17-21,28H,1,7-14H2,2-6H3/t17-,18+,19-,20+,21+,22-,23+,24-,25+/m1/s1. The van der Waals surface area contributed by atoms with Crippen molar-refractivity contribution in [2.75, 3.05) is 14.1 Å². The summed E-state index contributed by atoms with van der Waals surface area (Å²) in [6.45, 7) is 11.1. The lowest BCUT2D eigenvalue weighted by Crippen LogP contribution is -2.55. The zero-order chi connectivity index (χ0) is 20.3. The Morgan fingerprint density at radius 1 is 1.07 bits per heavy atom. The van der Waals surface area contributed by atoms with Crippen molar-refractivity contribution < 1.29 is 9.90 Å². The van der Waals surface area contributed by atoms with Crippen molar-refractivity contribution in [3.8, 4) is 0 Å². The van der Waals surface area contributed by atoms with Gasteiger partial charge in [-0.15, -0.1) is 0 Å². The SMILES string of the molecule is C=C1[C@H]2CC[C@@H]3[C@]4(CC[C@]5(C)[C@@H](C(C)=O)[C@H](O)C[C@@]35C)C[C@]24CC[C@@H]1N(C)C. The first-order valence-corrected chi connectivity index (χ1v) is 11.6. The minimum absolute atomic E-state index is 0.0391. The molecule has 0 bridgehead atoms. The molecule has 5 aliphatic carbocycles. The minimum atomic E-state index is -0.450. The molecular formula is C25H39NO2. The number of ketones is 1. The van der Waals surface area contributed by atoms with E-state index in [2.05, 4.69) is 39.4 Å². The van der Waals surface area contributed by atoms with Crippen LogP contribution in [0.5, 0.6) is 0 Å². The summed E-state index contributed by atoms with van der Waals surface area (Å²) in [6, 6.07) is 0.546. The number of carbonyl (C=O) groups excluding carboxylic acids is 1. The van der Waals surface area contributed by atoms with Gasteiger partial charge in [-0.1, -0.05) is 26.0 Å². The van der Waals surface area contributed by atoms with Crippen molar-refractivity contribution in [3.05, 3.63) is 12.2 Å². The maximum atomic E-state index is 12.5. The molecule has 28 heavy (non-hydrogen) atoms. The van der Waals surface area contributed by atoms with Crippen molar-refractivity contribution >= 4 is 5.78 Å². The van der Waals surface area contributed by atoms with Crippen molar-refractivity contribution in [2.45, 2.75) is 84.3 Å². The predicted octanol–water partition coefficient (Wildman–Crippen LogP) is 4.45. The highest BCUT2D eigenvalue weighted by Crippen LogP contribution is 2.87. The molecule has 5 aliphatic rings. The molecule has 0 unspecified atom stereocenters. The van der Waals surface area contributed by atoms with Gasteiger partial charge in [0.05, 0.1) is 6.10 Å². The van der Waals surface area contributed by atoms with Gasteiger partial charge in [0, 0.05) is 12.0 Å². The third-order valence-electron chi connectivity index (χ3n) is 11.2. The molecule has 0 heterocycles. The molecule has 0 saturated heterocycles. The van der Waals surface area contributed by atoms with Gasteiger partial charge in [-0.3, -0.25) is 4.79 Å². The van der Waals surface area contributed by atoms with E-state index in [1.807, 2.05) is 0 Å². The molecule has 5 fully saturated rings. The second kappa shape index (κ2) is 5.52. The maximum Gasteiger partial charge on any atom is 0.136 e. The molecule has 0 aromatic carbocycles. The Bertz CT molecular complexity index is 745. The van der Waals surface area contributed by atoms with Crippen LogP contribution in [0.15, 0.2) is 12.2 Å². The lowest BCUT2D eigenvalue weighted by molar-refractivity contribution is -0.141. The number of likely N-dealkylation sites (N-methyl/N-ethyl adjacent to an activating group) is 1. The Morgan fingerprint density at radius 2 is 1.79 bits per heavy atom. The van der Waals surface area contributed by atoms with E-state index in [0.717, 1.165) is 12.8 Å². The topological polar surface area (TPSA) is 40.5 Å². The number of hydrogen-bond acceptors (Lipinski definition) is 3. The van der Waals surface area contributed by atoms with E-state index in [1.165, 1.54) is 44.1 Å². The highest BCUT2D eigenvalue weighted by atomic mass is 16.3. The molecule has 3 heteroatoms. The second-order valence-electron chi connectivity index (χ2n) is 12.0. The van der Waals surface area contributed by atoms with Gasteiger partial charge < -0.3 is 10.0 Å². The molecule has 0 aromatic heterocycles. The van der Waals surface area contributed by atoms with Gasteiger partial charge in [-0.2, -0.15) is 0 Å². The molecule has 9 atom stereocenters. The lowest BCUT2D eigenvalue weighted by Gasteiger charge is -2.61. The normalized spacial score (nSPS) is 57.2. The second-order valence-corrected chi connectivity index (χ2v) is 12.0. The van der Waals surface area contributed by atoms with Crippen LogP contribution < -0.4 is 0 Å².